The largest absolute Gasteiger partial charge is 0.462 e. The maximum Gasteiger partial charge on any atom is 0.338 e. The maximum atomic E-state index is 14.0. The lowest BCUT2D eigenvalue weighted by Crippen LogP contribution is -2.38. The summed E-state index contributed by atoms with van der Waals surface area (Å²) in [6, 6.07) is 18.2. The van der Waals surface area contributed by atoms with Crippen LogP contribution >= 0.6 is 22.9 Å². The van der Waals surface area contributed by atoms with Gasteiger partial charge < -0.3 is 19.5 Å². The van der Waals surface area contributed by atoms with E-state index < -0.39 is 0 Å². The first-order valence-electron chi connectivity index (χ1n) is 12.9. The van der Waals surface area contributed by atoms with E-state index in [1.54, 1.807) is 31.2 Å². The van der Waals surface area contributed by atoms with Crippen LogP contribution < -0.4 is 5.32 Å². The van der Waals surface area contributed by atoms with Gasteiger partial charge in [-0.05, 0) is 92.3 Å². The number of aromatic nitrogens is 1. The molecule has 6 rings (SSSR count). The average Bonchev–Trinajstić information content (AvgIpc) is 3.52. The molecule has 0 saturated carbocycles. The molecule has 6 nitrogen and oxygen atoms in total. The number of carbonyl (C=O) groups is 2. The molecule has 2 aromatic heterocycles. The fourth-order valence-electron chi connectivity index (χ4n) is 5.48. The number of urea groups is 1. The lowest BCUT2D eigenvalue weighted by atomic mass is 9.95. The fourth-order valence-corrected chi connectivity index (χ4v) is 7.01. The Morgan fingerprint density at radius 3 is 2.55 bits per heavy atom. The zero-order chi connectivity index (χ0) is 26.2. The number of anilines is 1. The van der Waals surface area contributed by atoms with E-state index >= 15 is 0 Å². The third-order valence-electron chi connectivity index (χ3n) is 7.27. The molecule has 3 heterocycles. The molecule has 8 heteroatoms. The van der Waals surface area contributed by atoms with Crippen LogP contribution in [0.15, 0.2) is 66.9 Å². The van der Waals surface area contributed by atoms with Gasteiger partial charge in [-0.2, -0.15) is 0 Å². The average molecular weight is 546 g/mol. The third-order valence-corrected chi connectivity index (χ3v) is 8.86. The Bertz CT molecular complexity index is 1490. The fraction of sp³-hybridized carbons (Fsp3) is 0.267. The van der Waals surface area contributed by atoms with Crippen LogP contribution in [-0.2, 0) is 24.1 Å². The Labute approximate surface area is 230 Å². The number of benzene rings is 2. The Morgan fingerprint density at radius 2 is 1.79 bits per heavy atom. The predicted molar refractivity (Wildman–Crippen MR) is 151 cm³/mol. The van der Waals surface area contributed by atoms with E-state index in [1.165, 1.54) is 33.8 Å². The topological polar surface area (TPSA) is 63.6 Å². The van der Waals surface area contributed by atoms with Gasteiger partial charge in [0.2, 0.25) is 0 Å². The number of nitrogens with zero attached hydrogens (tertiary/aromatic N) is 2. The van der Waals surface area contributed by atoms with Crippen molar-refractivity contribution >= 4 is 40.6 Å². The van der Waals surface area contributed by atoms with Gasteiger partial charge in [0.1, 0.15) is 5.00 Å². The lowest BCUT2D eigenvalue weighted by Gasteiger charge is -2.31. The van der Waals surface area contributed by atoms with Crippen molar-refractivity contribution in [2.75, 3.05) is 11.9 Å². The minimum Gasteiger partial charge on any atom is -0.462 e. The predicted octanol–water partition coefficient (Wildman–Crippen LogP) is 7.38. The van der Waals surface area contributed by atoms with Crippen LogP contribution in [0.3, 0.4) is 0 Å². The molecule has 1 aliphatic heterocycles. The molecule has 2 aliphatic rings. The molecule has 2 aromatic carbocycles. The first kappa shape index (κ1) is 24.8. The zero-order valence-electron chi connectivity index (χ0n) is 21.1. The molecule has 0 unspecified atom stereocenters. The minimum atomic E-state index is -0.379. The number of rotatable bonds is 4. The lowest BCUT2D eigenvalue weighted by molar-refractivity contribution is 0.0526. The van der Waals surface area contributed by atoms with Gasteiger partial charge in [-0.3, -0.25) is 0 Å². The van der Waals surface area contributed by atoms with E-state index in [2.05, 4.69) is 28.2 Å². The molecule has 1 aliphatic carbocycles. The molecule has 38 heavy (non-hydrogen) atoms. The van der Waals surface area contributed by atoms with E-state index in [0.29, 0.717) is 29.4 Å². The van der Waals surface area contributed by atoms with Gasteiger partial charge in [0.05, 0.1) is 30.5 Å². The number of ether oxygens (including phenoxy) is 1. The summed E-state index contributed by atoms with van der Waals surface area (Å²) >= 11 is 8.09. The summed E-state index contributed by atoms with van der Waals surface area (Å²) in [5, 5.41) is 4.95. The molecule has 0 spiro atoms. The minimum absolute atomic E-state index is 0.204. The van der Waals surface area contributed by atoms with Crippen molar-refractivity contribution < 1.29 is 14.3 Å². The van der Waals surface area contributed by atoms with E-state index in [0.717, 1.165) is 24.1 Å². The highest BCUT2D eigenvalue weighted by Crippen LogP contribution is 2.44. The number of hydrogen-bond acceptors (Lipinski definition) is 4. The Balaban J connectivity index is 1.40. The van der Waals surface area contributed by atoms with Gasteiger partial charge in [-0.1, -0.05) is 23.7 Å². The van der Waals surface area contributed by atoms with Gasteiger partial charge in [-0.15, -0.1) is 11.3 Å². The highest BCUT2D eigenvalue weighted by molar-refractivity contribution is 7.15. The van der Waals surface area contributed by atoms with Crippen molar-refractivity contribution in [2.24, 2.45) is 0 Å². The molecule has 1 atom stereocenters. The molecular formula is C30H28ClN3O3S. The first-order chi connectivity index (χ1) is 18.5. The van der Waals surface area contributed by atoms with Crippen LogP contribution in [0, 0.1) is 0 Å². The summed E-state index contributed by atoms with van der Waals surface area (Å²) in [6.07, 6.45) is 6.64. The molecule has 4 aromatic rings. The molecule has 0 bridgehead atoms. The summed E-state index contributed by atoms with van der Waals surface area (Å²) in [6.45, 7) is 2.59. The number of esters is 1. The number of halogens is 1. The number of amides is 2. The van der Waals surface area contributed by atoms with Gasteiger partial charge in [0.25, 0.3) is 0 Å². The van der Waals surface area contributed by atoms with Crippen molar-refractivity contribution in [3.05, 3.63) is 105 Å². The van der Waals surface area contributed by atoms with Crippen LogP contribution in [0.2, 0.25) is 5.02 Å². The van der Waals surface area contributed by atoms with Crippen LogP contribution in [0.25, 0.3) is 5.00 Å². The van der Waals surface area contributed by atoms with Crippen molar-refractivity contribution in [3.63, 3.8) is 0 Å². The smallest absolute Gasteiger partial charge is 0.338 e. The SMILES string of the molecule is CCOC(=O)c1ccc(NC(=O)N2Cc3c(sc4c3CCCC4)-n3cccc3[C@H]2c2ccc(Cl)cc2)cc1. The van der Waals surface area contributed by atoms with Gasteiger partial charge in [-0.25, -0.2) is 9.59 Å². The number of carbonyl (C=O) groups excluding carboxylic acids is 2. The highest BCUT2D eigenvalue weighted by atomic mass is 35.5. The second kappa shape index (κ2) is 10.3. The van der Waals surface area contributed by atoms with Crippen molar-refractivity contribution in [3.8, 4) is 5.00 Å². The summed E-state index contributed by atoms with van der Waals surface area (Å²) in [7, 11) is 0. The summed E-state index contributed by atoms with van der Waals surface area (Å²) in [4.78, 5) is 29.4. The number of aryl methyl sites for hydroxylation is 1. The Kier molecular flexibility index (Phi) is 6.72. The summed E-state index contributed by atoms with van der Waals surface area (Å²) < 4.78 is 7.34. The molecular weight excluding hydrogens is 518 g/mol. The Hall–Kier alpha value is -3.55. The van der Waals surface area contributed by atoms with Crippen molar-refractivity contribution in [1.82, 2.24) is 9.47 Å². The van der Waals surface area contributed by atoms with Crippen molar-refractivity contribution in [2.45, 2.75) is 45.2 Å². The summed E-state index contributed by atoms with van der Waals surface area (Å²) in [5.41, 5.74) is 5.75. The van der Waals surface area contributed by atoms with E-state index in [9.17, 15) is 9.59 Å². The monoisotopic (exact) mass is 545 g/mol. The normalized spacial score (nSPS) is 16.2. The standard InChI is InChI=1S/C30H28ClN3O3S/c1-2-37-29(35)20-11-15-22(16-12-20)32-30(36)34-18-24-23-6-3-4-8-26(23)38-28(24)33-17-5-7-25(33)27(34)19-9-13-21(31)14-10-19/h5,7,9-17,27H,2-4,6,8,18H2,1H3,(H,32,36)/t27-/m1/s1. The molecule has 0 saturated heterocycles. The molecule has 2 amide bonds. The number of hydrogen-bond donors (Lipinski definition) is 1. The second-order valence-electron chi connectivity index (χ2n) is 9.61. The van der Waals surface area contributed by atoms with Gasteiger partial charge in [0.15, 0.2) is 0 Å². The summed E-state index contributed by atoms with van der Waals surface area (Å²) in [5.74, 6) is -0.379. The number of nitrogens with one attached hydrogen (secondary N) is 1. The highest BCUT2D eigenvalue weighted by Gasteiger charge is 2.36. The van der Waals surface area contributed by atoms with Crippen LogP contribution in [0.5, 0.6) is 0 Å². The quantitative estimate of drug-likeness (QED) is 0.272. The van der Waals surface area contributed by atoms with Crippen LogP contribution in [0.4, 0.5) is 10.5 Å². The maximum absolute atomic E-state index is 14.0. The van der Waals surface area contributed by atoms with E-state index in [-0.39, 0.29) is 18.0 Å². The zero-order valence-corrected chi connectivity index (χ0v) is 22.6. The van der Waals surface area contributed by atoms with E-state index in [1.807, 2.05) is 40.5 Å². The second-order valence-corrected chi connectivity index (χ2v) is 11.1. The van der Waals surface area contributed by atoms with E-state index in [4.69, 9.17) is 16.3 Å². The number of thiophene rings is 1. The first-order valence-corrected chi connectivity index (χ1v) is 14.1. The van der Waals surface area contributed by atoms with Crippen molar-refractivity contribution in [1.29, 1.82) is 0 Å². The third kappa shape index (κ3) is 4.50. The Morgan fingerprint density at radius 1 is 1.03 bits per heavy atom. The van der Waals surface area contributed by atoms with Gasteiger partial charge >= 0.3 is 12.0 Å². The van der Waals surface area contributed by atoms with Gasteiger partial charge in [0, 0.05) is 27.3 Å². The van der Waals surface area contributed by atoms with Crippen LogP contribution in [-0.4, -0.2) is 28.1 Å². The number of fused-ring (bicyclic) bond motifs is 5. The van der Waals surface area contributed by atoms with Crippen LogP contribution in [0.1, 0.15) is 63.4 Å². The molecule has 0 radical (unpaired) electrons. The molecule has 0 fully saturated rings. The molecule has 1 N–H and O–H groups in total. The molecule has 194 valence electrons.